The number of fused-ring (bicyclic) bond motifs is 2. The van der Waals surface area contributed by atoms with Gasteiger partial charge in [0, 0.05) is 13.1 Å². The molecule has 13 heteroatoms. The number of piperidine rings is 1. The number of hydrogen-bond donors (Lipinski definition) is 2. The highest BCUT2D eigenvalue weighted by Crippen LogP contribution is 2.39. The Labute approximate surface area is 203 Å². The SMILES string of the molecule is CC(C)(C)OC(=O)NC1CC(c2nnc([C@@H]3CCC4CN3C(=O)N4O)o2)N(C(=O)OC(C)(C)C)C1. The van der Waals surface area contributed by atoms with Crippen LogP contribution in [-0.2, 0) is 9.47 Å². The molecule has 0 saturated carbocycles. The highest BCUT2D eigenvalue weighted by molar-refractivity contribution is 5.76. The van der Waals surface area contributed by atoms with Crippen molar-refractivity contribution in [2.75, 3.05) is 13.1 Å². The first-order valence-electron chi connectivity index (χ1n) is 11.8. The van der Waals surface area contributed by atoms with E-state index >= 15 is 0 Å². The molecule has 0 spiro atoms. The fraction of sp³-hybridized carbons (Fsp3) is 0.773. The number of amides is 4. The van der Waals surface area contributed by atoms with E-state index in [0.717, 1.165) is 5.06 Å². The van der Waals surface area contributed by atoms with Gasteiger partial charge in [0.1, 0.15) is 23.3 Å². The Morgan fingerprint density at radius 2 is 1.63 bits per heavy atom. The smallest absolute Gasteiger partial charge is 0.411 e. The molecule has 194 valence electrons. The van der Waals surface area contributed by atoms with Crippen LogP contribution in [0.2, 0.25) is 0 Å². The van der Waals surface area contributed by atoms with Crippen LogP contribution >= 0.6 is 0 Å². The summed E-state index contributed by atoms with van der Waals surface area (Å²) in [6.07, 6.45) is 0.340. The normalized spacial score (nSPS) is 26.8. The molecule has 4 atom stereocenters. The predicted molar refractivity (Wildman–Crippen MR) is 119 cm³/mol. The molecule has 4 rings (SSSR count). The Hall–Kier alpha value is -3.09. The first-order chi connectivity index (χ1) is 16.2. The van der Waals surface area contributed by atoms with Crippen molar-refractivity contribution < 1.29 is 33.5 Å². The lowest BCUT2D eigenvalue weighted by Crippen LogP contribution is -2.42. The third-order valence-electron chi connectivity index (χ3n) is 6.02. The van der Waals surface area contributed by atoms with Gasteiger partial charge in [0.15, 0.2) is 0 Å². The second kappa shape index (κ2) is 8.85. The minimum Gasteiger partial charge on any atom is -0.444 e. The molecule has 1 aromatic rings. The Morgan fingerprint density at radius 3 is 2.26 bits per heavy atom. The number of nitrogens with zero attached hydrogens (tertiary/aromatic N) is 5. The van der Waals surface area contributed by atoms with Crippen molar-refractivity contribution in [3.05, 3.63) is 11.8 Å². The number of urea groups is 1. The maximum absolute atomic E-state index is 13.0. The molecule has 0 aliphatic carbocycles. The summed E-state index contributed by atoms with van der Waals surface area (Å²) in [5.41, 5.74) is -1.38. The number of nitrogens with one attached hydrogen (secondary N) is 1. The average Bonchev–Trinajstić information content (AvgIpc) is 3.41. The van der Waals surface area contributed by atoms with Crippen molar-refractivity contribution >= 4 is 18.2 Å². The molecular formula is C22H34N6O7. The lowest BCUT2D eigenvalue weighted by Gasteiger charge is -2.28. The van der Waals surface area contributed by atoms with Crippen LogP contribution in [0.4, 0.5) is 14.4 Å². The monoisotopic (exact) mass is 494 g/mol. The van der Waals surface area contributed by atoms with Gasteiger partial charge in [-0.3, -0.25) is 10.1 Å². The van der Waals surface area contributed by atoms with Crippen LogP contribution in [0.3, 0.4) is 0 Å². The number of likely N-dealkylation sites (tertiary alicyclic amines) is 1. The van der Waals surface area contributed by atoms with Gasteiger partial charge in [0.25, 0.3) is 0 Å². The van der Waals surface area contributed by atoms with Crippen LogP contribution in [0, 0.1) is 0 Å². The molecular weight excluding hydrogens is 460 g/mol. The molecule has 2 bridgehead atoms. The zero-order chi connectivity index (χ0) is 25.7. The molecule has 3 saturated heterocycles. The van der Waals surface area contributed by atoms with Crippen molar-refractivity contribution in [3.8, 4) is 0 Å². The largest absolute Gasteiger partial charge is 0.444 e. The number of hydroxylamine groups is 2. The van der Waals surface area contributed by atoms with E-state index in [1.54, 1.807) is 41.5 Å². The Morgan fingerprint density at radius 1 is 1.00 bits per heavy atom. The molecule has 3 fully saturated rings. The van der Waals surface area contributed by atoms with Gasteiger partial charge in [-0.25, -0.2) is 19.4 Å². The number of ether oxygens (including phenoxy) is 2. The summed E-state index contributed by atoms with van der Waals surface area (Å²) in [5, 5.41) is 21.8. The summed E-state index contributed by atoms with van der Waals surface area (Å²) >= 11 is 0. The second-order valence-electron chi connectivity index (χ2n) is 11.2. The van der Waals surface area contributed by atoms with E-state index in [2.05, 4.69) is 15.5 Å². The summed E-state index contributed by atoms with van der Waals surface area (Å²) in [6, 6.07) is -2.24. The van der Waals surface area contributed by atoms with E-state index in [-0.39, 0.29) is 24.4 Å². The van der Waals surface area contributed by atoms with Crippen LogP contribution in [0.25, 0.3) is 0 Å². The highest BCUT2D eigenvalue weighted by Gasteiger charge is 2.48. The molecule has 1 aromatic heterocycles. The van der Waals surface area contributed by atoms with Crippen molar-refractivity contribution in [3.63, 3.8) is 0 Å². The van der Waals surface area contributed by atoms with E-state index in [1.807, 2.05) is 0 Å². The molecule has 2 N–H and O–H groups in total. The summed E-state index contributed by atoms with van der Waals surface area (Å²) < 4.78 is 16.9. The molecule has 3 aliphatic rings. The number of carbonyl (C=O) groups excluding carboxylic acids is 3. The summed E-state index contributed by atoms with van der Waals surface area (Å²) in [6.45, 7) is 11.2. The van der Waals surface area contributed by atoms with Gasteiger partial charge in [0.2, 0.25) is 11.8 Å². The molecule has 0 radical (unpaired) electrons. The maximum atomic E-state index is 13.0. The Kier molecular flexibility index (Phi) is 6.32. The summed E-state index contributed by atoms with van der Waals surface area (Å²) in [4.78, 5) is 40.6. The number of hydrogen-bond acceptors (Lipinski definition) is 9. The van der Waals surface area contributed by atoms with Gasteiger partial charge in [-0.05, 0) is 60.8 Å². The zero-order valence-corrected chi connectivity index (χ0v) is 21.0. The predicted octanol–water partition coefficient (Wildman–Crippen LogP) is 2.98. The fourth-order valence-electron chi connectivity index (χ4n) is 4.59. The van der Waals surface area contributed by atoms with E-state index in [1.165, 1.54) is 9.80 Å². The minimum absolute atomic E-state index is 0.172. The number of alkyl carbamates (subject to hydrolysis) is 1. The molecule has 13 nitrogen and oxygen atoms in total. The first-order valence-corrected chi connectivity index (χ1v) is 11.8. The van der Waals surface area contributed by atoms with Crippen LogP contribution in [0.15, 0.2) is 4.42 Å². The van der Waals surface area contributed by atoms with Crippen molar-refractivity contribution in [1.29, 1.82) is 0 Å². The third kappa shape index (κ3) is 5.44. The Bertz CT molecular complexity index is 984. The van der Waals surface area contributed by atoms with Crippen molar-refractivity contribution in [2.24, 2.45) is 0 Å². The van der Waals surface area contributed by atoms with Crippen LogP contribution in [0.1, 0.15) is 84.7 Å². The van der Waals surface area contributed by atoms with Crippen LogP contribution in [-0.4, -0.2) is 84.9 Å². The summed E-state index contributed by atoms with van der Waals surface area (Å²) in [7, 11) is 0. The molecule has 3 aliphatic heterocycles. The van der Waals surface area contributed by atoms with Crippen LogP contribution in [0.5, 0.6) is 0 Å². The molecule has 4 heterocycles. The molecule has 35 heavy (non-hydrogen) atoms. The number of carbonyl (C=O) groups is 3. The van der Waals surface area contributed by atoms with E-state index in [9.17, 15) is 19.6 Å². The van der Waals surface area contributed by atoms with Crippen LogP contribution < -0.4 is 5.32 Å². The molecule has 0 aromatic carbocycles. The van der Waals surface area contributed by atoms with Gasteiger partial charge in [-0.15, -0.1) is 10.2 Å². The van der Waals surface area contributed by atoms with Crippen molar-refractivity contribution in [1.82, 2.24) is 30.4 Å². The van der Waals surface area contributed by atoms with E-state index in [0.29, 0.717) is 25.8 Å². The second-order valence-corrected chi connectivity index (χ2v) is 11.2. The quantitative estimate of drug-likeness (QED) is 0.604. The maximum Gasteiger partial charge on any atom is 0.411 e. The first kappa shape index (κ1) is 25.0. The molecule has 4 amide bonds. The zero-order valence-electron chi connectivity index (χ0n) is 21.0. The van der Waals surface area contributed by atoms with E-state index in [4.69, 9.17) is 13.9 Å². The van der Waals surface area contributed by atoms with E-state index < -0.39 is 47.5 Å². The van der Waals surface area contributed by atoms with Gasteiger partial charge in [-0.2, -0.15) is 0 Å². The Balaban J connectivity index is 1.52. The van der Waals surface area contributed by atoms with Gasteiger partial charge in [-0.1, -0.05) is 0 Å². The van der Waals surface area contributed by atoms with Gasteiger partial charge < -0.3 is 24.1 Å². The number of aromatic nitrogens is 2. The minimum atomic E-state index is -0.719. The van der Waals surface area contributed by atoms with Crippen molar-refractivity contribution in [2.45, 2.75) is 96.2 Å². The third-order valence-corrected chi connectivity index (χ3v) is 6.02. The highest BCUT2D eigenvalue weighted by atomic mass is 16.6. The van der Waals surface area contributed by atoms with Gasteiger partial charge >= 0.3 is 18.2 Å². The average molecular weight is 495 g/mol. The molecule has 3 unspecified atom stereocenters. The fourth-order valence-corrected chi connectivity index (χ4v) is 4.59. The number of rotatable bonds is 3. The standard InChI is InChI=1S/C22H34N6O7/c1-21(2,3)34-18(29)23-12-9-15(27(10-12)20(31)35-22(4,5)6)17-25-24-16(33-17)14-8-7-13-11-26(14)19(30)28(13)32/h12-15,32H,7-11H2,1-6H3,(H,23,29)/t12?,13?,14-,15?/m0/s1. The lowest BCUT2D eigenvalue weighted by molar-refractivity contribution is -0.0584. The topological polar surface area (TPSA) is 151 Å². The summed E-state index contributed by atoms with van der Waals surface area (Å²) in [5.74, 6) is 0.434. The van der Waals surface area contributed by atoms with Gasteiger partial charge in [0.05, 0.1) is 12.1 Å². The lowest BCUT2D eigenvalue weighted by atomic mass is 10.0.